The summed E-state index contributed by atoms with van der Waals surface area (Å²) >= 11 is 6.38. The van der Waals surface area contributed by atoms with Gasteiger partial charge in [-0.2, -0.15) is 0 Å². The van der Waals surface area contributed by atoms with Crippen molar-refractivity contribution >= 4 is 17.6 Å². The van der Waals surface area contributed by atoms with Crippen molar-refractivity contribution < 1.29 is 14.3 Å². The first-order valence-corrected chi connectivity index (χ1v) is 14.0. The van der Waals surface area contributed by atoms with E-state index in [9.17, 15) is 4.79 Å². The molecule has 2 rings (SSSR count). The molecule has 0 heterocycles. The van der Waals surface area contributed by atoms with Gasteiger partial charge in [0.2, 0.25) is 0 Å². The number of rotatable bonds is 17. The third kappa shape index (κ3) is 11.5. The highest BCUT2D eigenvalue weighted by atomic mass is 35.5. The summed E-state index contributed by atoms with van der Waals surface area (Å²) in [4.78, 5) is 12.5. The van der Waals surface area contributed by atoms with Gasteiger partial charge in [-0.15, -0.1) is 11.6 Å². The lowest BCUT2D eigenvalue weighted by Gasteiger charge is -2.17. The van der Waals surface area contributed by atoms with Gasteiger partial charge < -0.3 is 9.47 Å². The van der Waals surface area contributed by atoms with Gasteiger partial charge in [0.05, 0.1) is 6.61 Å². The predicted octanol–water partition coefficient (Wildman–Crippen LogP) is 9.46. The molecule has 0 aliphatic heterocycles. The fraction of sp³-hybridized carbons (Fsp3) is 0.581. The molecule has 0 N–H and O–H groups in total. The van der Waals surface area contributed by atoms with Crippen molar-refractivity contribution in [3.8, 4) is 22.6 Å². The first-order chi connectivity index (χ1) is 16.9. The molecule has 0 spiro atoms. The molecular weight excluding hydrogens is 456 g/mol. The summed E-state index contributed by atoms with van der Waals surface area (Å²) in [5, 5.41) is -0.629. The van der Waals surface area contributed by atoms with Gasteiger partial charge in [-0.3, -0.25) is 4.79 Å². The van der Waals surface area contributed by atoms with E-state index in [2.05, 4.69) is 32.9 Å². The van der Waals surface area contributed by atoms with E-state index in [0.29, 0.717) is 11.7 Å². The Hall–Kier alpha value is -2.00. The lowest BCUT2D eigenvalue weighted by atomic mass is 9.97. The van der Waals surface area contributed by atoms with Gasteiger partial charge >= 0.3 is 5.97 Å². The van der Waals surface area contributed by atoms with Gasteiger partial charge in [0, 0.05) is 0 Å². The fourth-order valence-corrected chi connectivity index (χ4v) is 4.28. The second kappa shape index (κ2) is 16.6. The number of unbranched alkanes of at least 4 members (excludes halogenated alkanes) is 6. The molecule has 35 heavy (non-hydrogen) atoms. The van der Waals surface area contributed by atoms with Gasteiger partial charge in [0.25, 0.3) is 0 Å². The van der Waals surface area contributed by atoms with Crippen LogP contribution < -0.4 is 9.47 Å². The van der Waals surface area contributed by atoms with Gasteiger partial charge in [-0.1, -0.05) is 103 Å². The van der Waals surface area contributed by atoms with E-state index >= 15 is 0 Å². The number of carbonyl (C=O) groups excluding carboxylic acids is 1. The molecule has 0 amide bonds. The number of esters is 1. The number of ether oxygens (including phenoxy) is 2. The number of halogens is 1. The van der Waals surface area contributed by atoms with Gasteiger partial charge in [-0.25, -0.2) is 0 Å². The molecule has 0 aromatic heterocycles. The van der Waals surface area contributed by atoms with E-state index in [4.69, 9.17) is 21.1 Å². The largest absolute Gasteiger partial charge is 0.494 e. The highest BCUT2D eigenvalue weighted by molar-refractivity contribution is 6.30. The quantitative estimate of drug-likeness (QED) is 0.0938. The molecule has 0 saturated carbocycles. The van der Waals surface area contributed by atoms with Gasteiger partial charge in [0.1, 0.15) is 16.9 Å². The zero-order valence-corrected chi connectivity index (χ0v) is 23.0. The van der Waals surface area contributed by atoms with Crippen molar-refractivity contribution in [2.24, 2.45) is 11.8 Å². The molecule has 2 atom stereocenters. The third-order valence-corrected chi connectivity index (χ3v) is 7.05. The van der Waals surface area contributed by atoms with Crippen LogP contribution in [0, 0.1) is 11.8 Å². The Labute approximate surface area is 218 Å². The van der Waals surface area contributed by atoms with Gasteiger partial charge in [0.15, 0.2) is 0 Å². The minimum absolute atomic E-state index is 0.0914. The fourth-order valence-electron chi connectivity index (χ4n) is 4.11. The highest BCUT2D eigenvalue weighted by Gasteiger charge is 2.24. The van der Waals surface area contributed by atoms with Crippen LogP contribution in [0.25, 0.3) is 11.1 Å². The monoisotopic (exact) mass is 500 g/mol. The van der Waals surface area contributed by atoms with Crippen molar-refractivity contribution in [1.29, 1.82) is 0 Å². The maximum Gasteiger partial charge on any atom is 0.329 e. The zero-order valence-electron chi connectivity index (χ0n) is 22.2. The molecule has 3 nitrogen and oxygen atoms in total. The van der Waals surface area contributed by atoms with Crippen molar-refractivity contribution in [1.82, 2.24) is 0 Å². The number of alkyl halides is 1. The summed E-state index contributed by atoms with van der Waals surface area (Å²) in [5.41, 5.74) is 2.16. The van der Waals surface area contributed by atoms with Crippen molar-refractivity contribution in [3.63, 3.8) is 0 Å². The topological polar surface area (TPSA) is 35.5 Å². The molecular formula is C31H45ClO3. The number of hydrogen-bond donors (Lipinski definition) is 0. The minimum Gasteiger partial charge on any atom is -0.494 e. The summed E-state index contributed by atoms with van der Waals surface area (Å²) < 4.78 is 11.4. The zero-order chi connectivity index (χ0) is 25.5. The SMILES string of the molecule is CCCCCCCCCOc1ccc(-c2ccc(OC(=O)C(Cl)C(C)CCCC(C)C)cc2)cc1. The second-order valence-corrected chi connectivity index (χ2v) is 10.6. The first kappa shape index (κ1) is 29.2. The first-order valence-electron chi connectivity index (χ1n) is 13.6. The smallest absolute Gasteiger partial charge is 0.329 e. The van der Waals surface area contributed by atoms with E-state index in [1.54, 1.807) is 0 Å². The van der Waals surface area contributed by atoms with E-state index in [0.717, 1.165) is 49.2 Å². The van der Waals surface area contributed by atoms with E-state index in [-0.39, 0.29) is 11.9 Å². The summed E-state index contributed by atoms with van der Waals surface area (Å²) in [6.45, 7) is 9.46. The standard InChI is InChI=1S/C31H45ClO3/c1-5-6-7-8-9-10-11-23-34-28-19-15-26(16-20-28)27-17-21-29(22-18-27)35-31(33)30(32)25(4)14-12-13-24(2)3/h15-22,24-25,30H,5-14,23H2,1-4H3. The second-order valence-electron chi connectivity index (χ2n) is 10.1. The summed E-state index contributed by atoms with van der Waals surface area (Å²) in [6, 6.07) is 15.7. The van der Waals surface area contributed by atoms with Crippen LogP contribution in [0.15, 0.2) is 48.5 Å². The Morgan fingerprint density at radius 1 is 0.743 bits per heavy atom. The lowest BCUT2D eigenvalue weighted by Crippen LogP contribution is -2.27. The molecule has 0 aliphatic rings. The third-order valence-electron chi connectivity index (χ3n) is 6.44. The lowest BCUT2D eigenvalue weighted by molar-refractivity contribution is -0.134. The minimum atomic E-state index is -0.629. The highest BCUT2D eigenvalue weighted by Crippen LogP contribution is 2.26. The maximum atomic E-state index is 12.5. The molecule has 0 aliphatic carbocycles. The molecule has 0 radical (unpaired) electrons. The molecule has 0 fully saturated rings. The van der Waals surface area contributed by atoms with Crippen molar-refractivity contribution in [3.05, 3.63) is 48.5 Å². The van der Waals surface area contributed by atoms with Crippen LogP contribution in [0.4, 0.5) is 0 Å². The van der Waals surface area contributed by atoms with Crippen molar-refractivity contribution in [2.75, 3.05) is 6.61 Å². The van der Waals surface area contributed by atoms with Crippen LogP contribution in [0.5, 0.6) is 11.5 Å². The number of hydrogen-bond acceptors (Lipinski definition) is 3. The molecule has 2 aromatic rings. The van der Waals surface area contributed by atoms with Gasteiger partial charge in [-0.05, 0) is 60.1 Å². The summed E-state index contributed by atoms with van der Waals surface area (Å²) in [5.74, 6) is 1.81. The Bertz CT molecular complexity index is 829. The number of carbonyl (C=O) groups is 1. The Balaban J connectivity index is 1.75. The van der Waals surface area contributed by atoms with Crippen LogP contribution in [0.2, 0.25) is 0 Å². The van der Waals surface area contributed by atoms with Crippen LogP contribution in [0.3, 0.4) is 0 Å². The molecule has 4 heteroatoms. The predicted molar refractivity (Wildman–Crippen MR) is 148 cm³/mol. The van der Waals surface area contributed by atoms with Crippen LogP contribution >= 0.6 is 11.6 Å². The summed E-state index contributed by atoms with van der Waals surface area (Å²) in [7, 11) is 0. The summed E-state index contributed by atoms with van der Waals surface area (Å²) in [6.07, 6.45) is 12.1. The Morgan fingerprint density at radius 2 is 1.29 bits per heavy atom. The maximum absolute atomic E-state index is 12.5. The van der Waals surface area contributed by atoms with Crippen LogP contribution in [-0.4, -0.2) is 18.0 Å². The molecule has 194 valence electrons. The van der Waals surface area contributed by atoms with E-state index in [1.165, 1.54) is 38.5 Å². The molecule has 0 bridgehead atoms. The van der Waals surface area contributed by atoms with Crippen LogP contribution in [0.1, 0.15) is 91.9 Å². The van der Waals surface area contributed by atoms with E-state index < -0.39 is 5.38 Å². The number of benzene rings is 2. The van der Waals surface area contributed by atoms with Crippen molar-refractivity contribution in [2.45, 2.75) is 97.3 Å². The Morgan fingerprint density at radius 3 is 1.86 bits per heavy atom. The molecule has 0 saturated heterocycles. The molecule has 2 aromatic carbocycles. The Kier molecular flexibility index (Phi) is 13.9. The van der Waals surface area contributed by atoms with E-state index in [1.807, 2.05) is 43.3 Å². The average Bonchev–Trinajstić information content (AvgIpc) is 2.85. The molecule has 2 unspecified atom stereocenters. The average molecular weight is 501 g/mol. The van der Waals surface area contributed by atoms with Crippen LogP contribution in [-0.2, 0) is 4.79 Å². The normalized spacial score (nSPS) is 13.0.